The number of hydrogen-bond donors (Lipinski definition) is 1. The van der Waals surface area contributed by atoms with Crippen LogP contribution in [0.4, 0.5) is 0 Å². The number of nitrogens with one attached hydrogen (secondary N) is 1. The normalized spacial score (nSPS) is 19.9. The summed E-state index contributed by atoms with van der Waals surface area (Å²) < 4.78 is 5.42. The largest absolute Gasteiger partial charge is 0.496 e. The predicted octanol–water partition coefficient (Wildman–Crippen LogP) is 2.08. The van der Waals surface area contributed by atoms with Crippen molar-refractivity contribution >= 4 is 5.78 Å². The highest BCUT2D eigenvalue weighted by Crippen LogP contribution is 2.23. The van der Waals surface area contributed by atoms with E-state index in [1.165, 1.54) is 12.8 Å². The van der Waals surface area contributed by atoms with Crippen LogP contribution in [0.1, 0.15) is 35.7 Å². The second-order valence-corrected chi connectivity index (χ2v) is 5.45. The Labute approximate surface area is 121 Å². The molecule has 2 rings (SSSR count). The van der Waals surface area contributed by atoms with Crippen LogP contribution >= 0.6 is 0 Å². The minimum Gasteiger partial charge on any atom is -0.496 e. The Kier molecular flexibility index (Phi) is 5.15. The van der Waals surface area contributed by atoms with Gasteiger partial charge in [-0.3, -0.25) is 9.69 Å². The lowest BCUT2D eigenvalue weighted by molar-refractivity contribution is 0.101. The van der Waals surface area contributed by atoms with Gasteiger partial charge in [0.2, 0.25) is 0 Å². The number of hydrogen-bond acceptors (Lipinski definition) is 4. The molecule has 0 bridgehead atoms. The summed E-state index contributed by atoms with van der Waals surface area (Å²) in [6.07, 6.45) is 2.44. The summed E-state index contributed by atoms with van der Waals surface area (Å²) in [5, 5.41) is 3.35. The second-order valence-electron chi connectivity index (χ2n) is 5.45. The van der Waals surface area contributed by atoms with E-state index in [1.807, 2.05) is 25.2 Å². The molecule has 0 saturated carbocycles. The zero-order valence-electron chi connectivity index (χ0n) is 12.6. The smallest absolute Gasteiger partial charge is 0.159 e. The summed E-state index contributed by atoms with van der Waals surface area (Å²) in [5.41, 5.74) is 1.85. The maximum Gasteiger partial charge on any atom is 0.159 e. The molecular weight excluding hydrogens is 252 g/mol. The molecule has 0 spiro atoms. The van der Waals surface area contributed by atoms with Crippen molar-refractivity contribution in [2.45, 2.75) is 32.4 Å². The molecule has 0 aliphatic carbocycles. The summed E-state index contributed by atoms with van der Waals surface area (Å²) >= 11 is 0. The number of carbonyl (C=O) groups excluding carboxylic acids is 1. The van der Waals surface area contributed by atoms with Crippen LogP contribution in [0.15, 0.2) is 18.2 Å². The molecule has 1 heterocycles. The Balaban J connectivity index is 2.14. The van der Waals surface area contributed by atoms with Gasteiger partial charge in [-0.15, -0.1) is 0 Å². The Morgan fingerprint density at radius 2 is 2.30 bits per heavy atom. The number of carbonyl (C=O) groups is 1. The first kappa shape index (κ1) is 15.0. The minimum absolute atomic E-state index is 0.0978. The molecular formula is C16H24N2O2. The SMILES string of the molecule is CNC1CCCN(Cc2cc(C(C)=O)ccc2OC)C1. The monoisotopic (exact) mass is 276 g/mol. The molecule has 1 N–H and O–H groups in total. The molecule has 1 unspecified atom stereocenters. The molecule has 1 aromatic rings. The van der Waals surface area contributed by atoms with E-state index >= 15 is 0 Å². The van der Waals surface area contributed by atoms with Gasteiger partial charge in [0.15, 0.2) is 5.78 Å². The van der Waals surface area contributed by atoms with Gasteiger partial charge in [-0.2, -0.15) is 0 Å². The Hall–Kier alpha value is -1.39. The zero-order chi connectivity index (χ0) is 14.5. The number of nitrogens with zero attached hydrogens (tertiary/aromatic N) is 1. The highest BCUT2D eigenvalue weighted by molar-refractivity contribution is 5.94. The number of piperidine rings is 1. The summed E-state index contributed by atoms with van der Waals surface area (Å²) in [4.78, 5) is 13.9. The van der Waals surface area contributed by atoms with E-state index in [1.54, 1.807) is 14.0 Å². The van der Waals surface area contributed by atoms with Crippen molar-refractivity contribution in [3.63, 3.8) is 0 Å². The summed E-state index contributed by atoms with van der Waals surface area (Å²) in [7, 11) is 3.70. The molecule has 1 aliphatic heterocycles. The van der Waals surface area contributed by atoms with Crippen LogP contribution in [0.5, 0.6) is 5.75 Å². The molecule has 0 radical (unpaired) electrons. The second kappa shape index (κ2) is 6.86. The third-order valence-electron chi connectivity index (χ3n) is 3.99. The van der Waals surface area contributed by atoms with Gasteiger partial charge in [0, 0.05) is 30.3 Å². The molecule has 1 aromatic carbocycles. The van der Waals surface area contributed by atoms with Crippen molar-refractivity contribution < 1.29 is 9.53 Å². The number of ketones is 1. The van der Waals surface area contributed by atoms with E-state index in [2.05, 4.69) is 10.2 Å². The third kappa shape index (κ3) is 3.58. The number of benzene rings is 1. The van der Waals surface area contributed by atoms with E-state index in [-0.39, 0.29) is 5.78 Å². The topological polar surface area (TPSA) is 41.6 Å². The fourth-order valence-electron chi connectivity index (χ4n) is 2.80. The van der Waals surface area contributed by atoms with Gasteiger partial charge >= 0.3 is 0 Å². The molecule has 1 atom stereocenters. The van der Waals surface area contributed by atoms with E-state index in [4.69, 9.17) is 4.74 Å². The van der Waals surface area contributed by atoms with Gasteiger partial charge in [0.25, 0.3) is 0 Å². The van der Waals surface area contributed by atoms with Crippen molar-refractivity contribution in [3.8, 4) is 5.75 Å². The average Bonchev–Trinajstić information content (AvgIpc) is 2.47. The molecule has 20 heavy (non-hydrogen) atoms. The first-order chi connectivity index (χ1) is 9.63. The lowest BCUT2D eigenvalue weighted by Gasteiger charge is -2.32. The quantitative estimate of drug-likeness (QED) is 0.836. The van der Waals surface area contributed by atoms with E-state index in [0.717, 1.165) is 36.5 Å². The Morgan fingerprint density at radius 3 is 2.95 bits per heavy atom. The standard InChI is InChI=1S/C16H24N2O2/c1-12(19)13-6-7-16(20-3)14(9-13)10-18-8-4-5-15(11-18)17-2/h6-7,9,15,17H,4-5,8,10-11H2,1-3H3. The van der Waals surface area contributed by atoms with Crippen molar-refractivity contribution in [1.29, 1.82) is 0 Å². The minimum atomic E-state index is 0.0978. The molecule has 4 heteroatoms. The summed E-state index contributed by atoms with van der Waals surface area (Å²) in [6, 6.07) is 6.25. The lowest BCUT2D eigenvalue weighted by Crippen LogP contribution is -2.43. The number of rotatable bonds is 5. The van der Waals surface area contributed by atoms with Crippen molar-refractivity contribution in [1.82, 2.24) is 10.2 Å². The van der Waals surface area contributed by atoms with Gasteiger partial charge in [0.05, 0.1) is 7.11 Å². The number of methoxy groups -OCH3 is 1. The summed E-state index contributed by atoms with van der Waals surface area (Å²) in [6.45, 7) is 4.58. The highest BCUT2D eigenvalue weighted by Gasteiger charge is 2.19. The molecule has 0 amide bonds. The van der Waals surface area contributed by atoms with Crippen LogP contribution in [0, 0.1) is 0 Å². The van der Waals surface area contributed by atoms with Crippen molar-refractivity contribution in [2.75, 3.05) is 27.2 Å². The Bertz CT molecular complexity index is 474. The first-order valence-electron chi connectivity index (χ1n) is 7.21. The van der Waals surface area contributed by atoms with Crippen LogP contribution in [0.2, 0.25) is 0 Å². The van der Waals surface area contributed by atoms with Gasteiger partial charge in [-0.1, -0.05) is 0 Å². The van der Waals surface area contributed by atoms with Gasteiger partial charge in [-0.05, 0) is 51.6 Å². The number of likely N-dealkylation sites (tertiary alicyclic amines) is 1. The molecule has 1 saturated heterocycles. The van der Waals surface area contributed by atoms with Crippen LogP contribution in [-0.2, 0) is 6.54 Å². The number of ether oxygens (including phenoxy) is 1. The van der Waals surface area contributed by atoms with Gasteiger partial charge in [-0.25, -0.2) is 0 Å². The number of likely N-dealkylation sites (N-methyl/N-ethyl adjacent to an activating group) is 1. The zero-order valence-corrected chi connectivity index (χ0v) is 12.6. The van der Waals surface area contributed by atoms with E-state index in [0.29, 0.717) is 6.04 Å². The fourth-order valence-corrected chi connectivity index (χ4v) is 2.80. The summed E-state index contributed by atoms with van der Waals surface area (Å²) in [5.74, 6) is 0.960. The van der Waals surface area contributed by atoms with Gasteiger partial charge < -0.3 is 10.1 Å². The average molecular weight is 276 g/mol. The van der Waals surface area contributed by atoms with Gasteiger partial charge in [0.1, 0.15) is 5.75 Å². The Morgan fingerprint density at radius 1 is 1.50 bits per heavy atom. The fraction of sp³-hybridized carbons (Fsp3) is 0.562. The van der Waals surface area contributed by atoms with E-state index in [9.17, 15) is 4.79 Å². The molecule has 1 fully saturated rings. The third-order valence-corrected chi connectivity index (χ3v) is 3.99. The lowest BCUT2D eigenvalue weighted by atomic mass is 10.0. The molecule has 4 nitrogen and oxygen atoms in total. The number of Topliss-reactive ketones (excluding diaryl/α,β-unsaturated/α-hetero) is 1. The van der Waals surface area contributed by atoms with Crippen LogP contribution in [0.25, 0.3) is 0 Å². The van der Waals surface area contributed by atoms with Crippen LogP contribution in [0.3, 0.4) is 0 Å². The molecule has 0 aromatic heterocycles. The van der Waals surface area contributed by atoms with Crippen LogP contribution in [-0.4, -0.2) is 44.0 Å². The molecule has 1 aliphatic rings. The van der Waals surface area contributed by atoms with E-state index < -0.39 is 0 Å². The van der Waals surface area contributed by atoms with Crippen molar-refractivity contribution in [2.24, 2.45) is 0 Å². The predicted molar refractivity (Wildman–Crippen MR) is 80.4 cm³/mol. The van der Waals surface area contributed by atoms with Crippen molar-refractivity contribution in [3.05, 3.63) is 29.3 Å². The maximum atomic E-state index is 11.5. The van der Waals surface area contributed by atoms with Crippen LogP contribution < -0.4 is 10.1 Å². The molecule has 110 valence electrons. The maximum absolute atomic E-state index is 11.5. The highest BCUT2D eigenvalue weighted by atomic mass is 16.5. The first-order valence-corrected chi connectivity index (χ1v) is 7.21.